The van der Waals surface area contributed by atoms with E-state index in [2.05, 4.69) is 44.5 Å². The van der Waals surface area contributed by atoms with Crippen molar-refractivity contribution in [3.8, 4) is 0 Å². The third-order valence-electron chi connectivity index (χ3n) is 5.62. The summed E-state index contributed by atoms with van der Waals surface area (Å²) in [5.41, 5.74) is 4.76. The Morgan fingerprint density at radius 3 is 2.97 bits per heavy atom. The molecule has 0 spiro atoms. The molecule has 0 radical (unpaired) electrons. The van der Waals surface area contributed by atoms with Crippen LogP contribution in [0.4, 0.5) is 0 Å². The molecule has 3 aromatic heterocycles. The monoisotopic (exact) mass is 386 g/mol. The first kappa shape index (κ1) is 17.6. The highest BCUT2D eigenvalue weighted by Crippen LogP contribution is 2.30. The van der Waals surface area contributed by atoms with E-state index in [0.29, 0.717) is 17.8 Å². The van der Waals surface area contributed by atoms with Gasteiger partial charge in [-0.2, -0.15) is 10.2 Å². The third kappa shape index (κ3) is 3.40. The fourth-order valence-corrected chi connectivity index (χ4v) is 4.18. The molecule has 1 saturated heterocycles. The number of hydrogen-bond acceptors (Lipinski definition) is 4. The van der Waals surface area contributed by atoms with Gasteiger partial charge in [-0.05, 0) is 30.0 Å². The molecule has 1 aliphatic rings. The van der Waals surface area contributed by atoms with Crippen LogP contribution in [0.2, 0.25) is 0 Å². The van der Waals surface area contributed by atoms with Crippen molar-refractivity contribution < 1.29 is 4.79 Å². The number of nitrogens with zero attached hydrogens (tertiary/aromatic N) is 5. The average molecular weight is 386 g/mol. The average Bonchev–Trinajstić information content (AvgIpc) is 3.41. The third-order valence-corrected chi connectivity index (χ3v) is 5.62. The van der Waals surface area contributed by atoms with Crippen LogP contribution < -0.4 is 0 Å². The zero-order chi connectivity index (χ0) is 19.6. The summed E-state index contributed by atoms with van der Waals surface area (Å²) in [6.45, 7) is 1.43. The molecule has 146 valence electrons. The lowest BCUT2D eigenvalue weighted by atomic mass is 9.90. The van der Waals surface area contributed by atoms with Gasteiger partial charge in [0, 0.05) is 43.5 Å². The number of aromatic nitrogens is 5. The number of rotatable bonds is 4. The number of amides is 1. The van der Waals surface area contributed by atoms with Crippen LogP contribution in [0.1, 0.15) is 45.9 Å². The number of fused-ring (bicyclic) bond motifs is 1. The van der Waals surface area contributed by atoms with E-state index >= 15 is 0 Å². The van der Waals surface area contributed by atoms with Crippen molar-refractivity contribution in [1.82, 2.24) is 29.7 Å². The Morgan fingerprint density at radius 2 is 2.07 bits per heavy atom. The Labute approximate surface area is 168 Å². The lowest BCUT2D eigenvalue weighted by molar-refractivity contribution is 0.0707. The van der Waals surface area contributed by atoms with Gasteiger partial charge in [-0.1, -0.05) is 30.3 Å². The Balaban J connectivity index is 1.36. The van der Waals surface area contributed by atoms with Crippen LogP contribution in [-0.4, -0.2) is 48.7 Å². The standard InChI is InChI=1S/C22H22N6O/c29-22(19-14-25-28-11-5-9-23-21(19)28)27-10-4-8-17(15-27)20-18(13-24-26-20)12-16-6-2-1-3-7-16/h1-3,5-7,9,11,13-14,17H,4,8,10,12,15H2,(H,24,26)/t17-/m1/s1. The summed E-state index contributed by atoms with van der Waals surface area (Å²) >= 11 is 0. The van der Waals surface area contributed by atoms with Gasteiger partial charge in [0.1, 0.15) is 5.56 Å². The smallest absolute Gasteiger partial charge is 0.259 e. The van der Waals surface area contributed by atoms with Crippen LogP contribution in [0.15, 0.2) is 61.2 Å². The molecule has 0 bridgehead atoms. The van der Waals surface area contributed by atoms with E-state index in [1.54, 1.807) is 29.2 Å². The fourth-order valence-electron chi connectivity index (χ4n) is 4.18. The molecule has 1 amide bonds. The predicted molar refractivity (Wildman–Crippen MR) is 109 cm³/mol. The van der Waals surface area contributed by atoms with Crippen molar-refractivity contribution in [3.05, 3.63) is 83.6 Å². The van der Waals surface area contributed by atoms with Crippen molar-refractivity contribution in [2.75, 3.05) is 13.1 Å². The van der Waals surface area contributed by atoms with Gasteiger partial charge >= 0.3 is 0 Å². The molecule has 7 nitrogen and oxygen atoms in total. The molecule has 29 heavy (non-hydrogen) atoms. The number of aromatic amines is 1. The zero-order valence-electron chi connectivity index (χ0n) is 16.0. The van der Waals surface area contributed by atoms with Crippen LogP contribution >= 0.6 is 0 Å². The number of carbonyl (C=O) groups excluding carboxylic acids is 1. The minimum absolute atomic E-state index is 0.00692. The first-order chi connectivity index (χ1) is 14.3. The van der Waals surface area contributed by atoms with Crippen molar-refractivity contribution in [2.45, 2.75) is 25.2 Å². The lowest BCUT2D eigenvalue weighted by Crippen LogP contribution is -2.39. The molecule has 7 heteroatoms. The zero-order valence-corrected chi connectivity index (χ0v) is 16.0. The van der Waals surface area contributed by atoms with E-state index < -0.39 is 0 Å². The number of nitrogens with one attached hydrogen (secondary N) is 1. The predicted octanol–water partition coefficient (Wildman–Crippen LogP) is 3.06. The molecule has 1 atom stereocenters. The van der Waals surface area contributed by atoms with Gasteiger partial charge < -0.3 is 4.90 Å². The van der Waals surface area contributed by atoms with E-state index in [4.69, 9.17) is 0 Å². The number of H-pyrrole nitrogens is 1. The molecular formula is C22H22N6O. The van der Waals surface area contributed by atoms with Crippen LogP contribution in [0.3, 0.4) is 0 Å². The van der Waals surface area contributed by atoms with E-state index in [1.807, 2.05) is 17.2 Å². The van der Waals surface area contributed by atoms with Crippen LogP contribution in [0, 0.1) is 0 Å². The molecule has 0 aliphatic carbocycles. The van der Waals surface area contributed by atoms with Crippen molar-refractivity contribution in [1.29, 1.82) is 0 Å². The van der Waals surface area contributed by atoms with Crippen LogP contribution in [-0.2, 0) is 6.42 Å². The van der Waals surface area contributed by atoms with E-state index in [0.717, 1.165) is 31.5 Å². The molecule has 0 unspecified atom stereocenters. The van der Waals surface area contributed by atoms with Crippen molar-refractivity contribution in [2.24, 2.45) is 0 Å². The first-order valence-corrected chi connectivity index (χ1v) is 9.93. The summed E-state index contributed by atoms with van der Waals surface area (Å²) in [7, 11) is 0. The minimum Gasteiger partial charge on any atom is -0.338 e. The highest BCUT2D eigenvalue weighted by molar-refractivity contribution is 5.99. The molecule has 4 aromatic rings. The molecular weight excluding hydrogens is 364 g/mol. The van der Waals surface area contributed by atoms with Crippen LogP contribution in [0.5, 0.6) is 0 Å². The molecule has 1 fully saturated rings. The summed E-state index contributed by atoms with van der Waals surface area (Å²) < 4.78 is 1.64. The molecule has 4 heterocycles. The SMILES string of the molecule is O=C(c1cnn2cccnc12)N1CCC[C@@H](c2[nH]ncc2Cc2ccccc2)C1. The van der Waals surface area contributed by atoms with Gasteiger partial charge in [-0.3, -0.25) is 9.89 Å². The largest absolute Gasteiger partial charge is 0.338 e. The number of hydrogen-bond donors (Lipinski definition) is 1. The first-order valence-electron chi connectivity index (χ1n) is 9.93. The summed E-state index contributed by atoms with van der Waals surface area (Å²) in [5, 5.41) is 11.8. The van der Waals surface area contributed by atoms with Gasteiger partial charge in [0.15, 0.2) is 5.65 Å². The quantitative estimate of drug-likeness (QED) is 0.585. The number of benzene rings is 1. The Morgan fingerprint density at radius 1 is 1.17 bits per heavy atom. The summed E-state index contributed by atoms with van der Waals surface area (Å²) in [6.07, 6.45) is 9.87. The van der Waals surface area contributed by atoms with E-state index in [1.165, 1.54) is 11.1 Å². The lowest BCUT2D eigenvalue weighted by Gasteiger charge is -2.32. The second-order valence-corrected chi connectivity index (χ2v) is 7.51. The molecule has 5 rings (SSSR count). The van der Waals surface area contributed by atoms with Gasteiger partial charge in [-0.25, -0.2) is 9.50 Å². The van der Waals surface area contributed by atoms with Crippen molar-refractivity contribution >= 4 is 11.6 Å². The van der Waals surface area contributed by atoms with Crippen molar-refractivity contribution in [3.63, 3.8) is 0 Å². The van der Waals surface area contributed by atoms with Crippen LogP contribution in [0.25, 0.3) is 5.65 Å². The van der Waals surface area contributed by atoms with Gasteiger partial charge in [-0.15, -0.1) is 0 Å². The molecule has 0 saturated carbocycles. The highest BCUT2D eigenvalue weighted by atomic mass is 16.2. The van der Waals surface area contributed by atoms with E-state index in [-0.39, 0.29) is 11.8 Å². The highest BCUT2D eigenvalue weighted by Gasteiger charge is 2.29. The topological polar surface area (TPSA) is 79.2 Å². The van der Waals surface area contributed by atoms with E-state index in [9.17, 15) is 4.79 Å². The summed E-state index contributed by atoms with van der Waals surface area (Å²) in [4.78, 5) is 19.4. The maximum Gasteiger partial charge on any atom is 0.259 e. The maximum absolute atomic E-state index is 13.2. The Bertz CT molecular complexity index is 1130. The minimum atomic E-state index is -0.00692. The Kier molecular flexibility index (Phi) is 4.56. The van der Waals surface area contributed by atoms with Gasteiger partial charge in [0.2, 0.25) is 0 Å². The molecule has 1 aromatic carbocycles. The number of piperidine rings is 1. The fraction of sp³-hybridized carbons (Fsp3) is 0.273. The number of carbonyl (C=O) groups is 1. The molecule has 1 aliphatic heterocycles. The normalized spacial score (nSPS) is 17.0. The van der Waals surface area contributed by atoms with Gasteiger partial charge in [0.25, 0.3) is 5.91 Å². The number of likely N-dealkylation sites (tertiary alicyclic amines) is 1. The second-order valence-electron chi connectivity index (χ2n) is 7.51. The summed E-state index contributed by atoms with van der Waals surface area (Å²) in [5.74, 6) is 0.247. The van der Waals surface area contributed by atoms with Gasteiger partial charge in [0.05, 0.1) is 12.4 Å². The Hall–Kier alpha value is -3.48. The maximum atomic E-state index is 13.2. The molecule has 1 N–H and O–H groups in total. The summed E-state index contributed by atoms with van der Waals surface area (Å²) in [6, 6.07) is 12.2. The second kappa shape index (κ2) is 7.50.